The lowest BCUT2D eigenvalue weighted by Gasteiger charge is -2.38. The molecule has 1 rings (SSSR count). The summed E-state index contributed by atoms with van der Waals surface area (Å²) in [6.45, 7) is 8.35. The third-order valence-electron chi connectivity index (χ3n) is 3.01. The van der Waals surface area contributed by atoms with E-state index >= 15 is 0 Å². The van der Waals surface area contributed by atoms with E-state index in [1.54, 1.807) is 12.4 Å². The summed E-state index contributed by atoms with van der Waals surface area (Å²) in [6.07, 6.45) is 3.54. The summed E-state index contributed by atoms with van der Waals surface area (Å²) in [5, 5.41) is 13.3. The number of aliphatic hydroxyl groups is 1. The van der Waals surface area contributed by atoms with Gasteiger partial charge in [0.05, 0.1) is 5.60 Å². The van der Waals surface area contributed by atoms with Crippen LogP contribution in [0, 0.1) is 0 Å². The highest BCUT2D eigenvalue weighted by Crippen LogP contribution is 2.20. The SMILES string of the molecule is CC(C)(O)C(C)(C)NCc1ccncc1. The molecule has 0 aliphatic heterocycles. The maximum Gasteiger partial charge on any atom is 0.0767 e. The summed E-state index contributed by atoms with van der Waals surface area (Å²) in [5.41, 5.74) is 0.0957. The lowest BCUT2D eigenvalue weighted by atomic mass is 9.86. The van der Waals surface area contributed by atoms with E-state index in [1.165, 1.54) is 5.56 Å². The van der Waals surface area contributed by atoms with E-state index in [0.717, 1.165) is 6.54 Å². The smallest absolute Gasteiger partial charge is 0.0767 e. The van der Waals surface area contributed by atoms with Gasteiger partial charge in [0.1, 0.15) is 0 Å². The molecule has 15 heavy (non-hydrogen) atoms. The summed E-state index contributed by atoms with van der Waals surface area (Å²) < 4.78 is 0. The van der Waals surface area contributed by atoms with Crippen LogP contribution in [0.1, 0.15) is 33.3 Å². The minimum atomic E-state index is -0.750. The zero-order chi connectivity index (χ0) is 11.5. The third kappa shape index (κ3) is 3.29. The third-order valence-corrected chi connectivity index (χ3v) is 3.01. The maximum absolute atomic E-state index is 9.95. The van der Waals surface area contributed by atoms with Crippen molar-refractivity contribution in [3.8, 4) is 0 Å². The van der Waals surface area contributed by atoms with Crippen LogP contribution in [-0.2, 0) is 6.54 Å². The van der Waals surface area contributed by atoms with Crippen LogP contribution >= 0.6 is 0 Å². The fourth-order valence-corrected chi connectivity index (χ4v) is 1.04. The minimum Gasteiger partial charge on any atom is -0.389 e. The van der Waals surface area contributed by atoms with Gasteiger partial charge in [0.15, 0.2) is 0 Å². The molecule has 0 saturated heterocycles. The predicted octanol–water partition coefficient (Wildman–Crippen LogP) is 1.72. The van der Waals surface area contributed by atoms with Gasteiger partial charge in [-0.15, -0.1) is 0 Å². The molecule has 0 unspecified atom stereocenters. The molecule has 0 spiro atoms. The number of nitrogens with one attached hydrogen (secondary N) is 1. The first-order valence-corrected chi connectivity index (χ1v) is 5.19. The van der Waals surface area contributed by atoms with Gasteiger partial charge in [-0.05, 0) is 45.4 Å². The van der Waals surface area contributed by atoms with Crippen LogP contribution in [0.2, 0.25) is 0 Å². The van der Waals surface area contributed by atoms with Gasteiger partial charge in [-0.1, -0.05) is 0 Å². The Balaban J connectivity index is 2.58. The van der Waals surface area contributed by atoms with Crippen molar-refractivity contribution < 1.29 is 5.11 Å². The summed E-state index contributed by atoms with van der Waals surface area (Å²) in [4.78, 5) is 3.96. The molecule has 0 aliphatic carbocycles. The quantitative estimate of drug-likeness (QED) is 0.792. The monoisotopic (exact) mass is 208 g/mol. The normalized spacial score (nSPS) is 12.9. The minimum absolute atomic E-state index is 0.323. The molecule has 0 saturated carbocycles. The lowest BCUT2D eigenvalue weighted by Crippen LogP contribution is -2.55. The fourth-order valence-electron chi connectivity index (χ4n) is 1.04. The number of hydrogen-bond acceptors (Lipinski definition) is 3. The molecule has 1 aromatic heterocycles. The highest BCUT2D eigenvalue weighted by atomic mass is 16.3. The Morgan fingerprint density at radius 3 is 2.20 bits per heavy atom. The van der Waals surface area contributed by atoms with Crippen molar-refractivity contribution in [1.82, 2.24) is 10.3 Å². The largest absolute Gasteiger partial charge is 0.389 e. The second-order valence-corrected chi connectivity index (χ2v) is 4.89. The van der Waals surface area contributed by atoms with Gasteiger partial charge in [0.2, 0.25) is 0 Å². The predicted molar refractivity (Wildman–Crippen MR) is 61.5 cm³/mol. The summed E-state index contributed by atoms with van der Waals surface area (Å²) in [6, 6.07) is 3.93. The van der Waals surface area contributed by atoms with Gasteiger partial charge in [0, 0.05) is 24.5 Å². The molecule has 3 nitrogen and oxygen atoms in total. The number of rotatable bonds is 4. The van der Waals surface area contributed by atoms with Crippen molar-refractivity contribution in [1.29, 1.82) is 0 Å². The second kappa shape index (κ2) is 4.29. The molecule has 1 aromatic rings. The van der Waals surface area contributed by atoms with Crippen LogP contribution in [0.25, 0.3) is 0 Å². The first-order chi connectivity index (χ1) is 6.83. The number of hydrogen-bond donors (Lipinski definition) is 2. The first kappa shape index (κ1) is 12.1. The molecule has 84 valence electrons. The van der Waals surface area contributed by atoms with Crippen LogP contribution in [0.15, 0.2) is 24.5 Å². The Hall–Kier alpha value is -0.930. The molecular weight excluding hydrogens is 188 g/mol. The van der Waals surface area contributed by atoms with Crippen LogP contribution in [0.3, 0.4) is 0 Å². The number of aromatic nitrogens is 1. The van der Waals surface area contributed by atoms with Gasteiger partial charge in [-0.25, -0.2) is 0 Å². The highest BCUT2D eigenvalue weighted by molar-refractivity contribution is 5.10. The molecule has 0 bridgehead atoms. The van der Waals surface area contributed by atoms with Crippen molar-refractivity contribution in [3.05, 3.63) is 30.1 Å². The Kier molecular flexibility index (Phi) is 3.47. The molecule has 1 heterocycles. The molecular formula is C12H20N2O. The van der Waals surface area contributed by atoms with Crippen LogP contribution in [0.5, 0.6) is 0 Å². The molecule has 0 radical (unpaired) electrons. The number of pyridine rings is 1. The molecule has 3 heteroatoms. The van der Waals surface area contributed by atoms with Crippen molar-refractivity contribution in [3.63, 3.8) is 0 Å². The van der Waals surface area contributed by atoms with Crippen molar-refractivity contribution in [2.75, 3.05) is 0 Å². The van der Waals surface area contributed by atoms with E-state index in [2.05, 4.69) is 10.3 Å². The molecule has 0 atom stereocenters. The number of nitrogens with zero attached hydrogens (tertiary/aromatic N) is 1. The second-order valence-electron chi connectivity index (χ2n) is 4.89. The maximum atomic E-state index is 9.95. The van der Waals surface area contributed by atoms with Gasteiger partial charge < -0.3 is 10.4 Å². The zero-order valence-electron chi connectivity index (χ0n) is 9.91. The van der Waals surface area contributed by atoms with Crippen molar-refractivity contribution in [2.45, 2.75) is 45.4 Å². The van der Waals surface area contributed by atoms with Crippen LogP contribution in [-0.4, -0.2) is 21.2 Å². The standard InChI is InChI=1S/C12H20N2O/c1-11(2,12(3,4)15)14-9-10-5-7-13-8-6-10/h5-8,14-15H,9H2,1-4H3. The molecule has 0 aromatic carbocycles. The van der Waals surface area contributed by atoms with Gasteiger partial charge in [-0.2, -0.15) is 0 Å². The topological polar surface area (TPSA) is 45.1 Å². The molecule has 2 N–H and O–H groups in total. The average Bonchev–Trinajstić information content (AvgIpc) is 2.15. The van der Waals surface area contributed by atoms with Crippen LogP contribution in [0.4, 0.5) is 0 Å². The Bertz CT molecular complexity index is 301. The van der Waals surface area contributed by atoms with Crippen LogP contribution < -0.4 is 5.32 Å². The summed E-state index contributed by atoms with van der Waals surface area (Å²) in [7, 11) is 0. The van der Waals surface area contributed by atoms with Gasteiger partial charge >= 0.3 is 0 Å². The van der Waals surface area contributed by atoms with E-state index in [-0.39, 0.29) is 5.54 Å². The molecule has 0 aliphatic rings. The van der Waals surface area contributed by atoms with E-state index < -0.39 is 5.60 Å². The molecule has 0 fully saturated rings. The Morgan fingerprint density at radius 2 is 1.73 bits per heavy atom. The zero-order valence-corrected chi connectivity index (χ0v) is 9.91. The summed E-state index contributed by atoms with van der Waals surface area (Å²) in [5.74, 6) is 0. The van der Waals surface area contributed by atoms with Crippen molar-refractivity contribution >= 4 is 0 Å². The summed E-state index contributed by atoms with van der Waals surface area (Å²) >= 11 is 0. The first-order valence-electron chi connectivity index (χ1n) is 5.19. The Labute approximate surface area is 91.5 Å². The Morgan fingerprint density at radius 1 is 1.20 bits per heavy atom. The average molecular weight is 208 g/mol. The molecule has 0 amide bonds. The van der Waals surface area contributed by atoms with E-state index in [9.17, 15) is 5.11 Å². The highest BCUT2D eigenvalue weighted by Gasteiger charge is 2.34. The van der Waals surface area contributed by atoms with Crippen molar-refractivity contribution in [2.24, 2.45) is 0 Å². The van der Waals surface area contributed by atoms with E-state index in [0.29, 0.717) is 0 Å². The van der Waals surface area contributed by atoms with Gasteiger partial charge in [-0.3, -0.25) is 4.98 Å². The van der Waals surface area contributed by atoms with E-state index in [4.69, 9.17) is 0 Å². The fraction of sp³-hybridized carbons (Fsp3) is 0.583. The van der Waals surface area contributed by atoms with Gasteiger partial charge in [0.25, 0.3) is 0 Å². The lowest BCUT2D eigenvalue weighted by molar-refractivity contribution is -0.00531. The van der Waals surface area contributed by atoms with E-state index in [1.807, 2.05) is 39.8 Å².